The van der Waals surface area contributed by atoms with Crippen LogP contribution in [0.5, 0.6) is 0 Å². The largest absolute Gasteiger partial charge is 0.370 e. The molecule has 0 heterocycles. The third-order valence-corrected chi connectivity index (χ3v) is 3.22. The van der Waals surface area contributed by atoms with Crippen molar-refractivity contribution < 1.29 is 14.5 Å². The predicted molar refractivity (Wildman–Crippen MR) is 81.3 cm³/mol. The molecule has 2 N–H and O–H groups in total. The number of nitro groups is 1. The van der Waals surface area contributed by atoms with Gasteiger partial charge in [0.25, 0.3) is 5.69 Å². The zero-order valence-corrected chi connectivity index (χ0v) is 11.7. The lowest BCUT2D eigenvalue weighted by molar-refractivity contribution is -0.384. The first-order valence-electron chi connectivity index (χ1n) is 6.64. The number of hydrogen-bond acceptors (Lipinski definition) is 4. The molecular formula is C16H14N2O4. The van der Waals surface area contributed by atoms with E-state index in [1.165, 1.54) is 6.07 Å². The number of amides is 1. The summed E-state index contributed by atoms with van der Waals surface area (Å²) >= 11 is 0. The van der Waals surface area contributed by atoms with Crippen LogP contribution >= 0.6 is 0 Å². The van der Waals surface area contributed by atoms with Crippen molar-refractivity contribution in [1.82, 2.24) is 0 Å². The maximum Gasteiger partial charge on any atom is 0.277 e. The Morgan fingerprint density at radius 1 is 1.00 bits per heavy atom. The highest BCUT2D eigenvalue weighted by Gasteiger charge is 2.14. The number of nitrogens with two attached hydrogens (primary N) is 1. The Kier molecular flexibility index (Phi) is 4.63. The van der Waals surface area contributed by atoms with E-state index in [2.05, 4.69) is 0 Å². The van der Waals surface area contributed by atoms with Crippen LogP contribution in [0, 0.1) is 10.1 Å². The van der Waals surface area contributed by atoms with Crippen molar-refractivity contribution in [3.05, 3.63) is 64.2 Å². The van der Waals surface area contributed by atoms with E-state index in [-0.39, 0.29) is 24.3 Å². The lowest BCUT2D eigenvalue weighted by Gasteiger charge is -2.05. The van der Waals surface area contributed by atoms with Gasteiger partial charge in [-0.1, -0.05) is 36.4 Å². The molecule has 0 aliphatic rings. The molecule has 0 aliphatic heterocycles. The van der Waals surface area contributed by atoms with Crippen molar-refractivity contribution in [3.63, 3.8) is 0 Å². The topological polar surface area (TPSA) is 103 Å². The quantitative estimate of drug-likeness (QED) is 0.503. The second-order valence-electron chi connectivity index (χ2n) is 4.74. The standard InChI is InChI=1S/C16H14N2O4/c17-16(20)10-9-15(19)12-7-5-11(6-8-12)13-3-1-2-4-14(13)18(21)22/h1-8H,9-10H2,(H2,17,20). The van der Waals surface area contributed by atoms with Crippen LogP contribution in [0.2, 0.25) is 0 Å². The first-order chi connectivity index (χ1) is 10.5. The highest BCUT2D eigenvalue weighted by molar-refractivity contribution is 5.98. The molecule has 0 radical (unpaired) electrons. The molecule has 2 aromatic carbocycles. The number of hydrogen-bond donors (Lipinski definition) is 1. The van der Waals surface area contributed by atoms with Gasteiger partial charge in [0, 0.05) is 24.5 Å². The van der Waals surface area contributed by atoms with E-state index >= 15 is 0 Å². The number of carbonyl (C=O) groups excluding carboxylic acids is 2. The minimum atomic E-state index is -0.523. The van der Waals surface area contributed by atoms with Gasteiger partial charge in [0.05, 0.1) is 10.5 Å². The number of Topliss-reactive ketones (excluding diaryl/α,β-unsaturated/α-hetero) is 1. The molecule has 2 aromatic rings. The van der Waals surface area contributed by atoms with Crippen LogP contribution in [0.25, 0.3) is 11.1 Å². The predicted octanol–water partition coefficient (Wildman–Crippen LogP) is 2.71. The third kappa shape index (κ3) is 3.54. The molecule has 0 atom stereocenters. The van der Waals surface area contributed by atoms with E-state index in [1.807, 2.05) is 0 Å². The van der Waals surface area contributed by atoms with E-state index in [0.29, 0.717) is 16.7 Å². The average molecular weight is 298 g/mol. The first-order valence-corrected chi connectivity index (χ1v) is 6.64. The van der Waals surface area contributed by atoms with Gasteiger partial charge in [-0.3, -0.25) is 19.7 Å². The molecule has 0 saturated heterocycles. The Labute approximate surface area is 126 Å². The number of para-hydroxylation sites is 1. The van der Waals surface area contributed by atoms with Crippen molar-refractivity contribution in [2.45, 2.75) is 12.8 Å². The number of ketones is 1. The molecular weight excluding hydrogens is 284 g/mol. The van der Waals surface area contributed by atoms with Gasteiger partial charge in [0.15, 0.2) is 5.78 Å². The first kappa shape index (κ1) is 15.4. The van der Waals surface area contributed by atoms with Crippen LogP contribution in [-0.2, 0) is 4.79 Å². The Bertz CT molecular complexity index is 723. The molecule has 2 rings (SSSR count). The van der Waals surface area contributed by atoms with Gasteiger partial charge in [0.2, 0.25) is 5.91 Å². The van der Waals surface area contributed by atoms with Crippen molar-refractivity contribution in [1.29, 1.82) is 0 Å². The lowest BCUT2D eigenvalue weighted by Crippen LogP contribution is -2.12. The highest BCUT2D eigenvalue weighted by atomic mass is 16.6. The molecule has 0 unspecified atom stereocenters. The molecule has 0 fully saturated rings. The average Bonchev–Trinajstić information content (AvgIpc) is 2.52. The van der Waals surface area contributed by atoms with Gasteiger partial charge in [-0.05, 0) is 11.6 Å². The lowest BCUT2D eigenvalue weighted by atomic mass is 10.00. The monoisotopic (exact) mass is 298 g/mol. The summed E-state index contributed by atoms with van der Waals surface area (Å²) in [5.41, 5.74) is 6.61. The number of carbonyl (C=O) groups is 2. The second kappa shape index (κ2) is 6.62. The molecule has 0 bridgehead atoms. The molecule has 6 heteroatoms. The van der Waals surface area contributed by atoms with E-state index < -0.39 is 10.8 Å². The molecule has 22 heavy (non-hydrogen) atoms. The fourth-order valence-corrected chi connectivity index (χ4v) is 2.09. The van der Waals surface area contributed by atoms with Gasteiger partial charge in [-0.15, -0.1) is 0 Å². The van der Waals surface area contributed by atoms with E-state index in [9.17, 15) is 19.7 Å². The molecule has 0 spiro atoms. The van der Waals surface area contributed by atoms with Crippen molar-refractivity contribution in [2.24, 2.45) is 5.73 Å². The molecule has 6 nitrogen and oxygen atoms in total. The second-order valence-corrected chi connectivity index (χ2v) is 4.74. The van der Waals surface area contributed by atoms with Crippen molar-refractivity contribution in [2.75, 3.05) is 0 Å². The summed E-state index contributed by atoms with van der Waals surface area (Å²) in [5, 5.41) is 11.0. The number of rotatable bonds is 6. The number of nitrogens with zero attached hydrogens (tertiary/aromatic N) is 1. The Hall–Kier alpha value is -3.02. The SMILES string of the molecule is NC(=O)CCC(=O)c1ccc(-c2ccccc2[N+](=O)[O-])cc1. The maximum atomic E-state index is 11.9. The molecule has 112 valence electrons. The molecule has 0 aliphatic carbocycles. The summed E-state index contributed by atoms with van der Waals surface area (Å²) in [6, 6.07) is 12.9. The third-order valence-electron chi connectivity index (χ3n) is 3.22. The van der Waals surface area contributed by atoms with Gasteiger partial charge in [-0.2, -0.15) is 0 Å². The Balaban J connectivity index is 2.24. The fraction of sp³-hybridized carbons (Fsp3) is 0.125. The van der Waals surface area contributed by atoms with Gasteiger partial charge in [0.1, 0.15) is 0 Å². The molecule has 1 amide bonds. The normalized spacial score (nSPS) is 10.2. The summed E-state index contributed by atoms with van der Waals surface area (Å²) in [5.74, 6) is -0.710. The van der Waals surface area contributed by atoms with Crippen molar-refractivity contribution >= 4 is 17.4 Å². The highest BCUT2D eigenvalue weighted by Crippen LogP contribution is 2.29. The maximum absolute atomic E-state index is 11.9. The van der Waals surface area contributed by atoms with Crippen LogP contribution in [0.4, 0.5) is 5.69 Å². The van der Waals surface area contributed by atoms with E-state index in [1.54, 1.807) is 42.5 Å². The van der Waals surface area contributed by atoms with Crippen molar-refractivity contribution in [3.8, 4) is 11.1 Å². The van der Waals surface area contributed by atoms with Gasteiger partial charge in [-0.25, -0.2) is 0 Å². The smallest absolute Gasteiger partial charge is 0.277 e. The van der Waals surface area contributed by atoms with Crippen LogP contribution in [0.15, 0.2) is 48.5 Å². The zero-order chi connectivity index (χ0) is 16.1. The Morgan fingerprint density at radius 2 is 1.64 bits per heavy atom. The van der Waals surface area contributed by atoms with Gasteiger partial charge >= 0.3 is 0 Å². The van der Waals surface area contributed by atoms with Crippen LogP contribution < -0.4 is 5.73 Å². The Morgan fingerprint density at radius 3 is 2.23 bits per heavy atom. The number of benzene rings is 2. The van der Waals surface area contributed by atoms with Gasteiger partial charge < -0.3 is 5.73 Å². The van der Waals surface area contributed by atoms with E-state index in [4.69, 9.17) is 5.73 Å². The fourth-order valence-electron chi connectivity index (χ4n) is 2.09. The van der Waals surface area contributed by atoms with Crippen LogP contribution in [0.1, 0.15) is 23.2 Å². The van der Waals surface area contributed by atoms with E-state index in [0.717, 1.165) is 0 Å². The summed E-state index contributed by atoms with van der Waals surface area (Å²) in [7, 11) is 0. The summed E-state index contributed by atoms with van der Waals surface area (Å²) in [4.78, 5) is 33.1. The minimum Gasteiger partial charge on any atom is -0.370 e. The minimum absolute atomic E-state index is 0.00470. The molecule has 0 saturated carbocycles. The zero-order valence-electron chi connectivity index (χ0n) is 11.7. The number of primary amides is 1. The summed E-state index contributed by atoms with van der Waals surface area (Å²) < 4.78 is 0. The van der Waals surface area contributed by atoms with Crippen LogP contribution in [-0.4, -0.2) is 16.6 Å². The molecule has 0 aromatic heterocycles. The number of nitro benzene ring substituents is 1. The van der Waals surface area contributed by atoms with Crippen LogP contribution in [0.3, 0.4) is 0 Å². The summed E-state index contributed by atoms with van der Waals surface area (Å²) in [6.07, 6.45) is 0.0604. The summed E-state index contributed by atoms with van der Waals surface area (Å²) in [6.45, 7) is 0.